The number of nitrogens with two attached hydrogens (primary N) is 1. The number of nitrogens with zero attached hydrogens (tertiary/aromatic N) is 4. The van der Waals surface area contributed by atoms with Crippen molar-refractivity contribution in [1.82, 2.24) is 19.9 Å². The van der Waals surface area contributed by atoms with Gasteiger partial charge in [-0.3, -0.25) is 4.79 Å². The van der Waals surface area contributed by atoms with Gasteiger partial charge >= 0.3 is 0 Å². The highest BCUT2D eigenvalue weighted by molar-refractivity contribution is 9.10. The molecule has 1 amide bonds. The maximum atomic E-state index is 11.9. The first-order valence-corrected chi connectivity index (χ1v) is 10.2. The minimum atomic E-state index is -0.469. The largest absolute Gasteiger partial charge is 0.381 e. The van der Waals surface area contributed by atoms with Crippen molar-refractivity contribution in [2.75, 3.05) is 10.2 Å². The van der Waals surface area contributed by atoms with E-state index in [1.54, 1.807) is 12.4 Å². The molecule has 2 saturated heterocycles. The Labute approximate surface area is 170 Å². The molecule has 2 fully saturated rings. The second kappa shape index (κ2) is 6.73. The monoisotopic (exact) mass is 441 g/mol. The minimum Gasteiger partial charge on any atom is -0.381 e. The van der Waals surface area contributed by atoms with E-state index in [9.17, 15) is 4.79 Å². The Balaban J connectivity index is 1.41. The number of aromatic nitrogens is 4. The van der Waals surface area contributed by atoms with Crippen LogP contribution in [0.15, 0.2) is 35.5 Å². The van der Waals surface area contributed by atoms with Crippen LogP contribution < -0.4 is 16.0 Å². The summed E-state index contributed by atoms with van der Waals surface area (Å²) in [6, 6.07) is 3.01. The molecule has 9 heteroatoms. The first kappa shape index (κ1) is 17.4. The molecular formula is C19H20BrN7O. The highest BCUT2D eigenvalue weighted by Crippen LogP contribution is 2.40. The molecule has 28 heavy (non-hydrogen) atoms. The lowest BCUT2D eigenvalue weighted by atomic mass is 9.96. The summed E-state index contributed by atoms with van der Waals surface area (Å²) >= 11 is 3.35. The Kier molecular flexibility index (Phi) is 4.19. The number of carbonyl (C=O) groups excluding carboxylic acids is 1. The van der Waals surface area contributed by atoms with E-state index in [1.807, 2.05) is 18.5 Å². The van der Waals surface area contributed by atoms with Gasteiger partial charge in [-0.05, 0) is 47.7 Å². The molecule has 0 aromatic carbocycles. The second-order valence-corrected chi connectivity index (χ2v) is 8.27. The highest BCUT2D eigenvalue weighted by Gasteiger charge is 2.41. The zero-order chi connectivity index (χ0) is 19.3. The number of halogens is 1. The highest BCUT2D eigenvalue weighted by atomic mass is 79.9. The molecule has 3 aromatic rings. The molecule has 4 N–H and O–H groups in total. The predicted octanol–water partition coefficient (Wildman–Crippen LogP) is 2.83. The van der Waals surface area contributed by atoms with E-state index < -0.39 is 5.91 Å². The lowest BCUT2D eigenvalue weighted by Gasteiger charge is -2.40. The van der Waals surface area contributed by atoms with Gasteiger partial charge in [-0.15, -0.1) is 0 Å². The maximum absolute atomic E-state index is 11.9. The van der Waals surface area contributed by atoms with Crippen LogP contribution in [-0.4, -0.2) is 44.0 Å². The second-order valence-electron chi connectivity index (χ2n) is 7.45. The van der Waals surface area contributed by atoms with E-state index in [2.05, 4.69) is 46.1 Å². The van der Waals surface area contributed by atoms with E-state index in [0.717, 1.165) is 52.8 Å². The van der Waals surface area contributed by atoms with Crippen LogP contribution in [0, 0.1) is 0 Å². The number of hydrogen-bond acceptors (Lipinski definition) is 6. The summed E-state index contributed by atoms with van der Waals surface area (Å²) in [5, 5.41) is 4.50. The van der Waals surface area contributed by atoms with Gasteiger partial charge in [0.2, 0.25) is 0 Å². The van der Waals surface area contributed by atoms with Gasteiger partial charge in [0.15, 0.2) is 0 Å². The molecule has 3 aromatic heterocycles. The van der Waals surface area contributed by atoms with Crippen molar-refractivity contribution in [3.8, 4) is 0 Å². The van der Waals surface area contributed by atoms with Crippen LogP contribution in [-0.2, 0) is 0 Å². The fourth-order valence-corrected chi connectivity index (χ4v) is 4.87. The SMILES string of the molecule is NC(=O)c1cnc2[nH]ccc2c1NC1C[C@H]2CC[C@@H](C1)N2c1cnc(Br)cn1. The summed E-state index contributed by atoms with van der Waals surface area (Å²) in [5.41, 5.74) is 7.56. The fourth-order valence-electron chi connectivity index (χ4n) is 4.66. The van der Waals surface area contributed by atoms with Gasteiger partial charge in [-0.2, -0.15) is 0 Å². The molecular weight excluding hydrogens is 422 g/mol. The molecule has 144 valence electrons. The first-order chi connectivity index (χ1) is 13.6. The number of nitrogens with one attached hydrogen (secondary N) is 2. The van der Waals surface area contributed by atoms with E-state index in [-0.39, 0.29) is 6.04 Å². The number of amides is 1. The van der Waals surface area contributed by atoms with Gasteiger partial charge in [0.25, 0.3) is 5.91 Å². The Bertz CT molecular complexity index is 1020. The normalized spacial score (nSPS) is 23.9. The summed E-state index contributed by atoms with van der Waals surface area (Å²) in [4.78, 5) is 30.6. The van der Waals surface area contributed by atoms with Crippen LogP contribution in [0.3, 0.4) is 0 Å². The van der Waals surface area contributed by atoms with E-state index in [4.69, 9.17) is 5.73 Å². The van der Waals surface area contributed by atoms with Gasteiger partial charge < -0.3 is 20.9 Å². The van der Waals surface area contributed by atoms with E-state index in [1.165, 1.54) is 0 Å². The predicted molar refractivity (Wildman–Crippen MR) is 110 cm³/mol. The lowest BCUT2D eigenvalue weighted by Crippen LogP contribution is -2.47. The van der Waals surface area contributed by atoms with Crippen molar-refractivity contribution in [1.29, 1.82) is 0 Å². The first-order valence-electron chi connectivity index (χ1n) is 9.38. The van der Waals surface area contributed by atoms with Crippen molar-refractivity contribution in [3.05, 3.63) is 41.0 Å². The third kappa shape index (κ3) is 2.90. The van der Waals surface area contributed by atoms with Crippen LogP contribution in [0.25, 0.3) is 11.0 Å². The van der Waals surface area contributed by atoms with Gasteiger partial charge in [-0.1, -0.05) is 0 Å². The Morgan fingerprint density at radius 1 is 1.18 bits per heavy atom. The minimum absolute atomic E-state index is 0.260. The Morgan fingerprint density at radius 2 is 1.96 bits per heavy atom. The third-order valence-electron chi connectivity index (χ3n) is 5.80. The number of piperidine rings is 1. The average Bonchev–Trinajstić information content (AvgIpc) is 3.25. The number of anilines is 2. The number of aromatic amines is 1. The van der Waals surface area contributed by atoms with Crippen molar-refractivity contribution < 1.29 is 4.79 Å². The van der Waals surface area contributed by atoms with Gasteiger partial charge in [0.05, 0.1) is 23.6 Å². The Morgan fingerprint density at radius 3 is 2.64 bits per heavy atom. The summed E-state index contributed by atoms with van der Waals surface area (Å²) in [6.45, 7) is 0. The molecule has 8 nitrogen and oxygen atoms in total. The van der Waals surface area contributed by atoms with E-state index >= 15 is 0 Å². The van der Waals surface area contributed by atoms with Crippen LogP contribution in [0.4, 0.5) is 11.5 Å². The molecule has 0 aliphatic carbocycles. The molecule has 0 saturated carbocycles. The summed E-state index contributed by atoms with van der Waals surface area (Å²) in [5.74, 6) is 0.465. The molecule has 3 atom stereocenters. The zero-order valence-electron chi connectivity index (χ0n) is 15.1. The van der Waals surface area contributed by atoms with Crippen molar-refractivity contribution >= 4 is 44.4 Å². The van der Waals surface area contributed by atoms with Gasteiger partial charge in [0.1, 0.15) is 16.1 Å². The number of primary amides is 1. The average molecular weight is 442 g/mol. The number of H-pyrrole nitrogens is 1. The summed E-state index contributed by atoms with van der Waals surface area (Å²) < 4.78 is 0.743. The molecule has 5 rings (SSSR count). The zero-order valence-corrected chi connectivity index (χ0v) is 16.7. The topological polar surface area (TPSA) is 113 Å². The number of pyridine rings is 1. The molecule has 0 radical (unpaired) electrons. The molecule has 2 aliphatic heterocycles. The molecule has 2 aliphatic rings. The van der Waals surface area contributed by atoms with Gasteiger partial charge in [0, 0.05) is 35.9 Å². The number of hydrogen-bond donors (Lipinski definition) is 3. The quantitative estimate of drug-likeness (QED) is 0.573. The van der Waals surface area contributed by atoms with Crippen LogP contribution in [0.1, 0.15) is 36.0 Å². The number of rotatable bonds is 4. The summed E-state index contributed by atoms with van der Waals surface area (Å²) in [7, 11) is 0. The van der Waals surface area contributed by atoms with E-state index in [0.29, 0.717) is 17.6 Å². The van der Waals surface area contributed by atoms with Crippen LogP contribution in [0.5, 0.6) is 0 Å². The van der Waals surface area contributed by atoms with Crippen LogP contribution >= 0.6 is 15.9 Å². The Hall–Kier alpha value is -2.68. The number of fused-ring (bicyclic) bond motifs is 3. The lowest BCUT2D eigenvalue weighted by molar-refractivity contribution is 0.100. The number of carbonyl (C=O) groups is 1. The maximum Gasteiger partial charge on any atom is 0.252 e. The van der Waals surface area contributed by atoms with Gasteiger partial charge in [-0.25, -0.2) is 15.0 Å². The van der Waals surface area contributed by atoms with Crippen molar-refractivity contribution in [2.24, 2.45) is 5.73 Å². The molecule has 0 spiro atoms. The molecule has 2 bridgehead atoms. The van der Waals surface area contributed by atoms with Crippen molar-refractivity contribution in [2.45, 2.75) is 43.8 Å². The van der Waals surface area contributed by atoms with Crippen molar-refractivity contribution in [3.63, 3.8) is 0 Å². The smallest absolute Gasteiger partial charge is 0.252 e. The fraction of sp³-hybridized carbons (Fsp3) is 0.368. The molecule has 5 heterocycles. The third-order valence-corrected chi connectivity index (χ3v) is 6.21. The van der Waals surface area contributed by atoms with Crippen LogP contribution in [0.2, 0.25) is 0 Å². The standard InChI is InChI=1S/C19H20BrN7O/c20-15-8-24-16(9-23-15)27-11-1-2-12(27)6-10(5-11)26-17-13-3-4-22-19(13)25-7-14(17)18(21)28/h3-4,7-12H,1-2,5-6H2,(H2,21,28)(H2,22,25,26)/t10?,11-,12+. The summed E-state index contributed by atoms with van der Waals surface area (Å²) in [6.07, 6.45) is 11.2. The molecule has 1 unspecified atom stereocenters.